The third-order valence-electron chi connectivity index (χ3n) is 2.24. The number of aromatic amines is 1. The van der Waals surface area contributed by atoms with E-state index in [0.717, 1.165) is 11.3 Å². The largest absolute Gasteiger partial charge is 0.497 e. The number of methoxy groups -OCH3 is 1. The van der Waals surface area contributed by atoms with E-state index in [4.69, 9.17) is 4.74 Å². The van der Waals surface area contributed by atoms with Crippen LogP contribution in [0.2, 0.25) is 0 Å². The number of hydrazone groups is 1. The zero-order chi connectivity index (χ0) is 12.8. The molecule has 0 saturated carbocycles. The first-order valence-electron chi connectivity index (χ1n) is 5.26. The Hall–Kier alpha value is -2.63. The molecule has 0 aliphatic rings. The molecule has 0 saturated heterocycles. The molecule has 1 aromatic carbocycles. The number of nitrogens with zero attached hydrogens (tertiary/aromatic N) is 2. The van der Waals surface area contributed by atoms with Crippen LogP contribution >= 0.6 is 0 Å². The number of benzene rings is 1. The van der Waals surface area contributed by atoms with Crippen LogP contribution in [0.1, 0.15) is 16.1 Å². The van der Waals surface area contributed by atoms with Gasteiger partial charge in [-0.15, -0.1) is 0 Å². The minimum Gasteiger partial charge on any atom is -0.497 e. The van der Waals surface area contributed by atoms with Gasteiger partial charge in [-0.3, -0.25) is 9.89 Å². The molecule has 1 heterocycles. The van der Waals surface area contributed by atoms with Crippen molar-refractivity contribution >= 4 is 12.1 Å². The molecule has 92 valence electrons. The topological polar surface area (TPSA) is 79.4 Å². The van der Waals surface area contributed by atoms with E-state index in [1.165, 1.54) is 6.20 Å². The molecule has 2 rings (SSSR count). The van der Waals surface area contributed by atoms with Gasteiger partial charge in [0.15, 0.2) is 0 Å². The van der Waals surface area contributed by atoms with E-state index in [-0.39, 0.29) is 5.91 Å². The third kappa shape index (κ3) is 2.94. The minimum atomic E-state index is -0.336. The number of ether oxygens (including phenoxy) is 1. The van der Waals surface area contributed by atoms with Crippen molar-refractivity contribution in [2.45, 2.75) is 0 Å². The summed E-state index contributed by atoms with van der Waals surface area (Å²) in [4.78, 5) is 11.5. The molecule has 0 aliphatic heterocycles. The molecular formula is C12H12N4O2. The zero-order valence-corrected chi connectivity index (χ0v) is 9.75. The van der Waals surface area contributed by atoms with Gasteiger partial charge in [-0.1, -0.05) is 0 Å². The highest BCUT2D eigenvalue weighted by Crippen LogP contribution is 2.09. The molecule has 0 atom stereocenters. The SMILES string of the molecule is COc1ccc(/C=N\NC(=O)c2ccn[nH]2)cc1. The van der Waals surface area contributed by atoms with Crippen molar-refractivity contribution in [3.63, 3.8) is 0 Å². The van der Waals surface area contributed by atoms with Crippen molar-refractivity contribution in [2.75, 3.05) is 7.11 Å². The maximum Gasteiger partial charge on any atom is 0.289 e. The van der Waals surface area contributed by atoms with Crippen LogP contribution in [0.3, 0.4) is 0 Å². The summed E-state index contributed by atoms with van der Waals surface area (Å²) in [5.74, 6) is 0.436. The summed E-state index contributed by atoms with van der Waals surface area (Å²) in [7, 11) is 1.60. The van der Waals surface area contributed by atoms with Crippen molar-refractivity contribution < 1.29 is 9.53 Å². The molecule has 0 aliphatic carbocycles. The van der Waals surface area contributed by atoms with Gasteiger partial charge in [-0.25, -0.2) is 5.43 Å². The first kappa shape index (κ1) is 11.8. The Kier molecular flexibility index (Phi) is 3.70. The summed E-state index contributed by atoms with van der Waals surface area (Å²) >= 11 is 0. The van der Waals surface area contributed by atoms with Gasteiger partial charge in [-0.05, 0) is 35.9 Å². The molecular weight excluding hydrogens is 232 g/mol. The molecule has 0 bridgehead atoms. The summed E-state index contributed by atoms with van der Waals surface area (Å²) in [6.45, 7) is 0. The Balaban J connectivity index is 1.93. The van der Waals surface area contributed by atoms with Crippen molar-refractivity contribution in [3.05, 3.63) is 47.8 Å². The molecule has 0 fully saturated rings. The quantitative estimate of drug-likeness (QED) is 0.626. The standard InChI is InChI=1S/C12H12N4O2/c1-18-10-4-2-9(3-5-10)8-14-16-12(17)11-6-7-13-15-11/h2-8H,1H3,(H,13,15)(H,16,17)/b14-8-. The Morgan fingerprint density at radius 3 is 2.78 bits per heavy atom. The second-order valence-electron chi connectivity index (χ2n) is 3.44. The molecule has 2 aromatic rings. The zero-order valence-electron chi connectivity index (χ0n) is 9.75. The highest BCUT2D eigenvalue weighted by atomic mass is 16.5. The molecule has 0 spiro atoms. The van der Waals surface area contributed by atoms with Crippen LogP contribution in [0.15, 0.2) is 41.6 Å². The molecule has 6 nitrogen and oxygen atoms in total. The fourth-order valence-corrected chi connectivity index (χ4v) is 1.30. The second-order valence-corrected chi connectivity index (χ2v) is 3.44. The number of hydrogen-bond donors (Lipinski definition) is 2. The van der Waals surface area contributed by atoms with Crippen LogP contribution in [0.25, 0.3) is 0 Å². The van der Waals surface area contributed by atoms with E-state index < -0.39 is 0 Å². The molecule has 2 N–H and O–H groups in total. The van der Waals surface area contributed by atoms with Crippen molar-refractivity contribution in [2.24, 2.45) is 5.10 Å². The lowest BCUT2D eigenvalue weighted by atomic mass is 10.2. The summed E-state index contributed by atoms with van der Waals surface area (Å²) in [6, 6.07) is 8.88. The van der Waals surface area contributed by atoms with Gasteiger partial charge < -0.3 is 4.74 Å². The smallest absolute Gasteiger partial charge is 0.289 e. The molecule has 6 heteroatoms. The minimum absolute atomic E-state index is 0.336. The summed E-state index contributed by atoms with van der Waals surface area (Å²) < 4.78 is 5.04. The predicted octanol–water partition coefficient (Wildman–Crippen LogP) is 1.18. The van der Waals surface area contributed by atoms with Gasteiger partial charge in [0.05, 0.1) is 13.3 Å². The lowest BCUT2D eigenvalue weighted by molar-refractivity contribution is 0.0950. The lowest BCUT2D eigenvalue weighted by Crippen LogP contribution is -2.17. The third-order valence-corrected chi connectivity index (χ3v) is 2.24. The molecule has 1 aromatic heterocycles. The van der Waals surface area contributed by atoms with Gasteiger partial charge >= 0.3 is 0 Å². The Morgan fingerprint density at radius 1 is 1.39 bits per heavy atom. The van der Waals surface area contributed by atoms with Crippen molar-refractivity contribution in [1.82, 2.24) is 15.6 Å². The van der Waals surface area contributed by atoms with Crippen LogP contribution in [-0.2, 0) is 0 Å². The summed E-state index contributed by atoms with van der Waals surface area (Å²) in [5, 5.41) is 10.1. The number of hydrogen-bond acceptors (Lipinski definition) is 4. The number of rotatable bonds is 4. The molecule has 0 radical (unpaired) electrons. The van der Waals surface area contributed by atoms with E-state index >= 15 is 0 Å². The average Bonchev–Trinajstić information content (AvgIpc) is 2.93. The first-order chi connectivity index (χ1) is 8.79. The van der Waals surface area contributed by atoms with E-state index in [1.54, 1.807) is 19.4 Å². The number of amides is 1. The number of nitrogens with one attached hydrogen (secondary N) is 2. The fourth-order valence-electron chi connectivity index (χ4n) is 1.30. The number of aromatic nitrogens is 2. The van der Waals surface area contributed by atoms with Gasteiger partial charge in [-0.2, -0.15) is 10.2 Å². The fraction of sp³-hybridized carbons (Fsp3) is 0.0833. The lowest BCUT2D eigenvalue weighted by Gasteiger charge is -1.99. The summed E-state index contributed by atoms with van der Waals surface area (Å²) in [6.07, 6.45) is 3.05. The normalized spacial score (nSPS) is 10.5. The highest BCUT2D eigenvalue weighted by molar-refractivity contribution is 5.92. The predicted molar refractivity (Wildman–Crippen MR) is 66.6 cm³/mol. The Labute approximate surface area is 104 Å². The number of H-pyrrole nitrogens is 1. The van der Waals surface area contributed by atoms with E-state index in [9.17, 15) is 4.79 Å². The van der Waals surface area contributed by atoms with Crippen LogP contribution < -0.4 is 10.2 Å². The van der Waals surface area contributed by atoms with Gasteiger partial charge in [0.1, 0.15) is 11.4 Å². The van der Waals surface area contributed by atoms with Crippen molar-refractivity contribution in [1.29, 1.82) is 0 Å². The molecule has 0 unspecified atom stereocenters. The van der Waals surface area contributed by atoms with Gasteiger partial charge in [0.2, 0.25) is 0 Å². The maximum atomic E-state index is 11.5. The van der Waals surface area contributed by atoms with Gasteiger partial charge in [0, 0.05) is 6.20 Å². The first-order valence-corrected chi connectivity index (χ1v) is 5.26. The average molecular weight is 244 g/mol. The van der Waals surface area contributed by atoms with E-state index in [0.29, 0.717) is 5.69 Å². The monoisotopic (exact) mass is 244 g/mol. The van der Waals surface area contributed by atoms with E-state index in [1.807, 2.05) is 24.3 Å². The van der Waals surface area contributed by atoms with Crippen molar-refractivity contribution in [3.8, 4) is 5.75 Å². The number of carbonyl (C=O) groups is 1. The van der Waals surface area contributed by atoms with Crippen LogP contribution in [0.4, 0.5) is 0 Å². The second kappa shape index (κ2) is 5.62. The Bertz CT molecular complexity index is 532. The van der Waals surface area contributed by atoms with Crippen LogP contribution in [-0.4, -0.2) is 29.4 Å². The molecule has 1 amide bonds. The van der Waals surface area contributed by atoms with Crippen LogP contribution in [0.5, 0.6) is 5.75 Å². The van der Waals surface area contributed by atoms with E-state index in [2.05, 4.69) is 20.7 Å². The van der Waals surface area contributed by atoms with Gasteiger partial charge in [0.25, 0.3) is 5.91 Å². The Morgan fingerprint density at radius 2 is 2.17 bits per heavy atom. The molecule has 18 heavy (non-hydrogen) atoms. The maximum absolute atomic E-state index is 11.5. The highest BCUT2D eigenvalue weighted by Gasteiger charge is 2.03. The summed E-state index contributed by atoms with van der Waals surface area (Å²) in [5.41, 5.74) is 3.61. The van der Waals surface area contributed by atoms with Crippen LogP contribution in [0, 0.1) is 0 Å². The number of carbonyl (C=O) groups excluding carboxylic acids is 1.